The van der Waals surface area contributed by atoms with E-state index in [-0.39, 0.29) is 18.7 Å². The molecule has 0 aliphatic carbocycles. The Balaban J connectivity index is 1.44. The quantitative estimate of drug-likeness (QED) is 0.665. The number of ketones is 1. The SMILES string of the molecule is O=C(c1cnccc1C(F)(F)F)C1CC2CCC(C1)N2C(=O)OCc1ccccc1. The summed E-state index contributed by atoms with van der Waals surface area (Å²) in [6.45, 7) is 0.155. The Labute approximate surface area is 171 Å². The first-order valence-corrected chi connectivity index (χ1v) is 9.89. The molecule has 2 aliphatic heterocycles. The van der Waals surface area contributed by atoms with Crippen molar-refractivity contribution in [3.05, 3.63) is 65.5 Å². The first-order valence-electron chi connectivity index (χ1n) is 9.89. The Hall–Kier alpha value is -2.90. The van der Waals surface area contributed by atoms with Gasteiger partial charge in [-0.15, -0.1) is 0 Å². The number of carbonyl (C=O) groups is 2. The Morgan fingerprint density at radius 3 is 2.37 bits per heavy atom. The monoisotopic (exact) mass is 418 g/mol. The second-order valence-electron chi connectivity index (χ2n) is 7.78. The first kappa shape index (κ1) is 20.4. The number of rotatable bonds is 4. The van der Waals surface area contributed by atoms with Crippen LogP contribution in [0.1, 0.15) is 47.2 Å². The van der Waals surface area contributed by atoms with Gasteiger partial charge in [0.15, 0.2) is 5.78 Å². The molecule has 2 bridgehead atoms. The normalized spacial score (nSPS) is 23.3. The zero-order valence-corrected chi connectivity index (χ0v) is 16.1. The number of fused-ring (bicyclic) bond motifs is 2. The molecule has 2 saturated heterocycles. The van der Waals surface area contributed by atoms with Crippen LogP contribution in [0.2, 0.25) is 0 Å². The van der Waals surface area contributed by atoms with E-state index in [9.17, 15) is 22.8 Å². The van der Waals surface area contributed by atoms with E-state index >= 15 is 0 Å². The summed E-state index contributed by atoms with van der Waals surface area (Å²) in [6, 6.07) is 9.74. The van der Waals surface area contributed by atoms with Gasteiger partial charge in [0.2, 0.25) is 0 Å². The summed E-state index contributed by atoms with van der Waals surface area (Å²) in [5.74, 6) is -1.12. The Morgan fingerprint density at radius 2 is 1.73 bits per heavy atom. The summed E-state index contributed by atoms with van der Waals surface area (Å²) in [5.41, 5.74) is -0.478. The molecule has 1 amide bonds. The van der Waals surface area contributed by atoms with Crippen molar-refractivity contribution in [1.82, 2.24) is 9.88 Å². The molecule has 30 heavy (non-hydrogen) atoms. The van der Waals surface area contributed by atoms with E-state index in [2.05, 4.69) is 4.98 Å². The molecular weight excluding hydrogens is 397 g/mol. The van der Waals surface area contributed by atoms with Crippen molar-refractivity contribution in [1.29, 1.82) is 0 Å². The van der Waals surface area contributed by atoms with Crippen LogP contribution in [0.4, 0.5) is 18.0 Å². The van der Waals surface area contributed by atoms with Gasteiger partial charge in [0.05, 0.1) is 5.56 Å². The highest BCUT2D eigenvalue weighted by Crippen LogP contribution is 2.41. The lowest BCUT2D eigenvalue weighted by Gasteiger charge is -2.37. The molecule has 0 radical (unpaired) electrons. The van der Waals surface area contributed by atoms with Crippen molar-refractivity contribution in [2.24, 2.45) is 5.92 Å². The van der Waals surface area contributed by atoms with Crippen LogP contribution in [0.25, 0.3) is 0 Å². The number of nitrogens with zero attached hydrogens (tertiary/aromatic N) is 2. The molecule has 3 heterocycles. The molecule has 5 nitrogen and oxygen atoms in total. The number of pyridine rings is 1. The van der Waals surface area contributed by atoms with Crippen LogP contribution in [0.3, 0.4) is 0 Å². The lowest BCUT2D eigenvalue weighted by molar-refractivity contribution is -0.138. The molecule has 8 heteroatoms. The standard InChI is InChI=1S/C22H21F3N2O3/c23-22(24,25)19-8-9-26-12-18(19)20(28)15-10-16-6-7-17(11-15)27(16)21(29)30-13-14-4-2-1-3-5-14/h1-5,8-9,12,15-17H,6-7,10-11,13H2. The van der Waals surface area contributed by atoms with Crippen molar-refractivity contribution in [2.75, 3.05) is 0 Å². The van der Waals surface area contributed by atoms with Crippen molar-refractivity contribution in [3.8, 4) is 0 Å². The highest BCUT2D eigenvalue weighted by atomic mass is 19.4. The van der Waals surface area contributed by atoms with Gasteiger partial charge in [-0.05, 0) is 37.3 Å². The second kappa shape index (κ2) is 8.08. The average molecular weight is 418 g/mol. The number of alkyl halides is 3. The molecule has 2 aromatic rings. The minimum Gasteiger partial charge on any atom is -0.445 e. The fourth-order valence-corrected chi connectivity index (χ4v) is 4.54. The van der Waals surface area contributed by atoms with Crippen molar-refractivity contribution in [3.63, 3.8) is 0 Å². The third-order valence-corrected chi connectivity index (χ3v) is 5.91. The lowest BCUT2D eigenvalue weighted by Crippen LogP contribution is -2.48. The number of Topliss-reactive ketones (excluding diaryl/α,β-unsaturated/α-hetero) is 1. The summed E-state index contributed by atoms with van der Waals surface area (Å²) in [4.78, 5) is 30.9. The van der Waals surface area contributed by atoms with Gasteiger partial charge in [0, 0.05) is 36.0 Å². The number of halogens is 3. The molecule has 2 aliphatic rings. The molecular formula is C22H21F3N2O3. The van der Waals surface area contributed by atoms with E-state index in [4.69, 9.17) is 4.74 Å². The van der Waals surface area contributed by atoms with Gasteiger partial charge in [-0.25, -0.2) is 4.79 Å². The minimum atomic E-state index is -4.62. The summed E-state index contributed by atoms with van der Waals surface area (Å²) >= 11 is 0. The summed E-state index contributed by atoms with van der Waals surface area (Å²) in [7, 11) is 0. The third-order valence-electron chi connectivity index (χ3n) is 5.91. The minimum absolute atomic E-state index is 0.155. The smallest absolute Gasteiger partial charge is 0.417 e. The average Bonchev–Trinajstić information content (AvgIpc) is 3.01. The number of piperidine rings is 1. The van der Waals surface area contributed by atoms with Crippen molar-refractivity contribution in [2.45, 2.75) is 50.6 Å². The summed E-state index contributed by atoms with van der Waals surface area (Å²) in [5, 5.41) is 0. The summed E-state index contributed by atoms with van der Waals surface area (Å²) < 4.78 is 45.3. The maximum atomic E-state index is 13.3. The van der Waals surface area contributed by atoms with Gasteiger partial charge in [-0.2, -0.15) is 13.2 Å². The largest absolute Gasteiger partial charge is 0.445 e. The van der Waals surface area contributed by atoms with Gasteiger partial charge >= 0.3 is 12.3 Å². The van der Waals surface area contributed by atoms with E-state index in [0.29, 0.717) is 25.7 Å². The van der Waals surface area contributed by atoms with Crippen LogP contribution in [0.15, 0.2) is 48.8 Å². The molecule has 158 valence electrons. The van der Waals surface area contributed by atoms with Gasteiger partial charge < -0.3 is 9.64 Å². The van der Waals surface area contributed by atoms with E-state index in [1.165, 1.54) is 0 Å². The van der Waals surface area contributed by atoms with Crippen LogP contribution in [0.5, 0.6) is 0 Å². The van der Waals surface area contributed by atoms with Crippen LogP contribution < -0.4 is 0 Å². The Bertz CT molecular complexity index is 919. The predicted octanol–water partition coefficient (Wildman–Crippen LogP) is 4.86. The number of aromatic nitrogens is 1. The lowest BCUT2D eigenvalue weighted by atomic mass is 9.84. The molecule has 4 rings (SSSR count). The van der Waals surface area contributed by atoms with E-state index in [0.717, 1.165) is 24.0 Å². The van der Waals surface area contributed by atoms with Gasteiger partial charge in [-0.1, -0.05) is 30.3 Å². The molecule has 2 fully saturated rings. The fraction of sp³-hybridized carbons (Fsp3) is 0.409. The van der Waals surface area contributed by atoms with E-state index in [1.807, 2.05) is 30.3 Å². The molecule has 2 atom stereocenters. The van der Waals surface area contributed by atoms with Crippen LogP contribution in [-0.4, -0.2) is 33.8 Å². The molecule has 0 spiro atoms. The topological polar surface area (TPSA) is 59.5 Å². The zero-order valence-electron chi connectivity index (χ0n) is 16.1. The molecule has 0 saturated carbocycles. The molecule has 0 N–H and O–H groups in total. The number of benzene rings is 1. The van der Waals surface area contributed by atoms with Gasteiger partial charge in [0.1, 0.15) is 6.61 Å². The molecule has 2 unspecified atom stereocenters. The first-order chi connectivity index (χ1) is 14.3. The maximum absolute atomic E-state index is 13.3. The van der Waals surface area contributed by atoms with Crippen molar-refractivity contribution >= 4 is 11.9 Å². The number of amides is 1. The van der Waals surface area contributed by atoms with E-state index < -0.39 is 35.1 Å². The highest BCUT2D eigenvalue weighted by molar-refractivity contribution is 5.99. The Morgan fingerprint density at radius 1 is 1.07 bits per heavy atom. The number of hydrogen-bond donors (Lipinski definition) is 0. The van der Waals surface area contributed by atoms with Gasteiger partial charge in [-0.3, -0.25) is 9.78 Å². The summed E-state index contributed by atoms with van der Waals surface area (Å²) in [6.07, 6.45) is -0.919. The fourth-order valence-electron chi connectivity index (χ4n) is 4.54. The van der Waals surface area contributed by atoms with E-state index in [1.54, 1.807) is 4.90 Å². The van der Waals surface area contributed by atoms with Crippen LogP contribution in [-0.2, 0) is 17.5 Å². The van der Waals surface area contributed by atoms with Gasteiger partial charge in [0.25, 0.3) is 0 Å². The van der Waals surface area contributed by atoms with Crippen LogP contribution >= 0.6 is 0 Å². The predicted molar refractivity (Wildman–Crippen MR) is 102 cm³/mol. The molecule has 1 aromatic carbocycles. The maximum Gasteiger partial charge on any atom is 0.417 e. The number of carbonyl (C=O) groups excluding carboxylic acids is 2. The van der Waals surface area contributed by atoms with Crippen molar-refractivity contribution < 1.29 is 27.5 Å². The molecule has 1 aromatic heterocycles. The number of hydrogen-bond acceptors (Lipinski definition) is 4. The number of ether oxygens (including phenoxy) is 1. The second-order valence-corrected chi connectivity index (χ2v) is 7.78. The van der Waals surface area contributed by atoms with Crippen LogP contribution in [0, 0.1) is 5.92 Å². The highest BCUT2D eigenvalue weighted by Gasteiger charge is 2.47. The third kappa shape index (κ3) is 4.04. The zero-order chi connectivity index (χ0) is 21.3. The Kier molecular flexibility index (Phi) is 5.49.